The molecule has 0 aliphatic carbocycles. The van der Waals surface area contributed by atoms with E-state index in [0.29, 0.717) is 0 Å². The molecule has 2 nitrogen and oxygen atoms in total. The van der Waals surface area contributed by atoms with Crippen LogP contribution >= 0.6 is 10.5 Å². The third-order valence-electron chi connectivity index (χ3n) is 0.562. The van der Waals surface area contributed by atoms with Gasteiger partial charge in [-0.15, -0.1) is 0 Å². The summed E-state index contributed by atoms with van der Waals surface area (Å²) in [5.74, 6) is 0.840. The Labute approximate surface area is 32.8 Å². The third kappa shape index (κ3) is 0.792. The zero-order valence-corrected chi connectivity index (χ0v) is 3.88. The largest absolute Gasteiger partial charge is 0.337 e. The van der Waals surface area contributed by atoms with Crippen LogP contribution in [0.1, 0.15) is 0 Å². The summed E-state index contributed by atoms with van der Waals surface area (Å²) in [4.78, 5) is 0. The fourth-order valence-corrected chi connectivity index (χ4v) is 0.768. The predicted octanol–water partition coefficient (Wildman–Crippen LogP) is 0.369. The lowest BCUT2D eigenvalue weighted by molar-refractivity contribution is 0.650. The molecule has 3 heteroatoms. The first-order chi connectivity index (χ1) is 2.21. The lowest BCUT2D eigenvalue weighted by atomic mass is 11.6. The van der Waals surface area contributed by atoms with Gasteiger partial charge in [0.05, 0.1) is 5.88 Å². The average molecular weight is 93.2 g/mol. The predicted molar refractivity (Wildman–Crippen MR) is 24.1 cm³/mol. The van der Waals surface area contributed by atoms with Gasteiger partial charge in [0.15, 0.2) is 0 Å². The summed E-state index contributed by atoms with van der Waals surface area (Å²) in [6.07, 6.45) is 1.83. The van der Waals surface area contributed by atoms with E-state index in [-0.39, 0.29) is 0 Å². The van der Waals surface area contributed by atoms with Crippen molar-refractivity contribution in [3.05, 3.63) is 0 Å². The molecule has 1 rings (SSSR count). The van der Waals surface area contributed by atoms with Crippen molar-refractivity contribution in [1.82, 2.24) is 4.72 Å². The normalized spacial score (nSPS) is 62.0. The van der Waals surface area contributed by atoms with Crippen molar-refractivity contribution in [3.8, 4) is 0 Å². The summed E-state index contributed by atoms with van der Waals surface area (Å²) in [5, 5.41) is 0. The van der Waals surface area contributed by atoms with Gasteiger partial charge < -0.3 is 4.55 Å². The monoisotopic (exact) mass is 93.0 g/mol. The van der Waals surface area contributed by atoms with Crippen molar-refractivity contribution in [1.29, 1.82) is 0 Å². The standard InChI is InChI=1S/C2H7NOS/c1-5(4)2-3-5/h3-4H,2H2,1H3. The second-order valence-corrected chi connectivity index (χ2v) is 3.99. The summed E-state index contributed by atoms with van der Waals surface area (Å²) < 4.78 is 11.4. The Balaban J connectivity index is 2.38. The van der Waals surface area contributed by atoms with Gasteiger partial charge in [0.1, 0.15) is 0 Å². The molecule has 1 aliphatic heterocycles. The molecule has 0 saturated carbocycles. The highest BCUT2D eigenvalue weighted by atomic mass is 32.3. The second kappa shape index (κ2) is 0.668. The van der Waals surface area contributed by atoms with Gasteiger partial charge in [-0.05, 0) is 0 Å². The quantitative estimate of drug-likeness (QED) is 0.425. The fourth-order valence-electron chi connectivity index (χ4n) is 0.0853. The van der Waals surface area contributed by atoms with Crippen molar-refractivity contribution in [2.45, 2.75) is 0 Å². The highest BCUT2D eigenvalue weighted by Crippen LogP contribution is 2.45. The van der Waals surface area contributed by atoms with Crippen LogP contribution in [-0.2, 0) is 0 Å². The van der Waals surface area contributed by atoms with Gasteiger partial charge >= 0.3 is 0 Å². The first kappa shape index (κ1) is 3.46. The zero-order chi connectivity index (χ0) is 3.91. The minimum atomic E-state index is -1.17. The first-order valence-electron chi connectivity index (χ1n) is 1.44. The molecule has 32 valence electrons. The first-order valence-corrected chi connectivity index (χ1v) is 3.60. The molecule has 1 heterocycles. The van der Waals surface area contributed by atoms with Gasteiger partial charge in [-0.3, -0.25) is 0 Å². The maximum Gasteiger partial charge on any atom is 0.0696 e. The van der Waals surface area contributed by atoms with Gasteiger partial charge in [-0.2, -0.15) is 0 Å². The topological polar surface area (TPSA) is 42.2 Å². The zero-order valence-electron chi connectivity index (χ0n) is 3.06. The highest BCUT2D eigenvalue weighted by molar-refractivity contribution is 8.32. The molecular weight excluding hydrogens is 86.1 g/mol. The van der Waals surface area contributed by atoms with Crippen LogP contribution in [-0.4, -0.2) is 16.7 Å². The van der Waals surface area contributed by atoms with Crippen molar-refractivity contribution < 1.29 is 4.55 Å². The molecule has 0 amide bonds. The molecule has 1 aliphatic rings. The van der Waals surface area contributed by atoms with Gasteiger partial charge in [-0.25, -0.2) is 4.72 Å². The van der Waals surface area contributed by atoms with Gasteiger partial charge in [-0.1, -0.05) is 10.5 Å². The summed E-state index contributed by atoms with van der Waals surface area (Å²) in [7, 11) is -1.17. The number of hydrogen-bond donors (Lipinski definition) is 2. The maximum absolute atomic E-state index is 8.60. The van der Waals surface area contributed by atoms with Gasteiger partial charge in [0, 0.05) is 6.26 Å². The molecule has 0 aromatic carbocycles. The molecule has 1 atom stereocenters. The third-order valence-corrected chi connectivity index (χ3v) is 1.69. The van der Waals surface area contributed by atoms with Gasteiger partial charge in [0.2, 0.25) is 0 Å². The van der Waals surface area contributed by atoms with E-state index in [9.17, 15) is 0 Å². The molecule has 0 radical (unpaired) electrons. The molecule has 0 bridgehead atoms. The van der Waals surface area contributed by atoms with Crippen LogP contribution in [0.3, 0.4) is 0 Å². The molecule has 1 saturated heterocycles. The van der Waals surface area contributed by atoms with Crippen LogP contribution in [0.25, 0.3) is 0 Å². The van der Waals surface area contributed by atoms with E-state index < -0.39 is 10.5 Å². The van der Waals surface area contributed by atoms with E-state index in [1.165, 1.54) is 0 Å². The van der Waals surface area contributed by atoms with Crippen LogP contribution in [0.2, 0.25) is 0 Å². The average Bonchev–Trinajstić information content (AvgIpc) is 1.76. The Hall–Kier alpha value is 0.270. The Morgan fingerprint density at radius 2 is 2.20 bits per heavy atom. The van der Waals surface area contributed by atoms with Crippen LogP contribution in [0, 0.1) is 0 Å². The molecule has 0 spiro atoms. The molecular formula is C2H7NOS. The van der Waals surface area contributed by atoms with Crippen LogP contribution in [0.15, 0.2) is 0 Å². The van der Waals surface area contributed by atoms with E-state index in [1.807, 2.05) is 6.26 Å². The Kier molecular flexibility index (Phi) is 0.462. The van der Waals surface area contributed by atoms with Crippen LogP contribution in [0.4, 0.5) is 0 Å². The molecule has 1 fully saturated rings. The minimum Gasteiger partial charge on any atom is -0.337 e. The van der Waals surface area contributed by atoms with E-state index in [4.69, 9.17) is 4.55 Å². The highest BCUT2D eigenvalue weighted by Gasteiger charge is 2.25. The summed E-state index contributed by atoms with van der Waals surface area (Å²) in [5.41, 5.74) is 0. The van der Waals surface area contributed by atoms with E-state index in [2.05, 4.69) is 4.72 Å². The van der Waals surface area contributed by atoms with Crippen molar-refractivity contribution in [3.63, 3.8) is 0 Å². The Morgan fingerprint density at radius 1 is 2.00 bits per heavy atom. The fraction of sp³-hybridized carbons (Fsp3) is 1.00. The smallest absolute Gasteiger partial charge is 0.0696 e. The second-order valence-electron chi connectivity index (χ2n) is 1.33. The summed E-state index contributed by atoms with van der Waals surface area (Å²) in [6.45, 7) is 0. The Morgan fingerprint density at radius 3 is 2.20 bits per heavy atom. The summed E-state index contributed by atoms with van der Waals surface area (Å²) in [6, 6.07) is 0. The van der Waals surface area contributed by atoms with Crippen molar-refractivity contribution in [2.75, 3.05) is 12.1 Å². The van der Waals surface area contributed by atoms with Crippen molar-refractivity contribution >= 4 is 10.5 Å². The summed E-state index contributed by atoms with van der Waals surface area (Å²) >= 11 is 0. The molecule has 0 aromatic rings. The van der Waals surface area contributed by atoms with Crippen molar-refractivity contribution in [2.24, 2.45) is 0 Å². The lowest BCUT2D eigenvalue weighted by Crippen LogP contribution is -1.71. The Bertz CT molecular complexity index is 47.6. The van der Waals surface area contributed by atoms with E-state index >= 15 is 0 Å². The minimum absolute atomic E-state index is 0.840. The van der Waals surface area contributed by atoms with Crippen LogP contribution < -0.4 is 4.72 Å². The maximum atomic E-state index is 8.60. The SMILES string of the molecule is CS1(O)CN1. The number of rotatable bonds is 0. The number of nitrogens with one attached hydrogen (secondary N) is 1. The van der Waals surface area contributed by atoms with Gasteiger partial charge in [0.25, 0.3) is 0 Å². The van der Waals surface area contributed by atoms with Crippen LogP contribution in [0.5, 0.6) is 0 Å². The molecule has 0 aromatic heterocycles. The van der Waals surface area contributed by atoms with E-state index in [0.717, 1.165) is 5.88 Å². The van der Waals surface area contributed by atoms with E-state index in [1.54, 1.807) is 0 Å². The lowest BCUT2D eigenvalue weighted by Gasteiger charge is -1.93. The molecule has 1 unspecified atom stereocenters. The molecule has 5 heavy (non-hydrogen) atoms. The number of hydrogen-bond acceptors (Lipinski definition) is 2. The molecule has 2 N–H and O–H groups in total.